The molecule has 2 aromatic heterocycles. The maximum absolute atomic E-state index is 12.8. The minimum absolute atomic E-state index is 0.0610. The van der Waals surface area contributed by atoms with Crippen LogP contribution in [0.15, 0.2) is 30.5 Å². The fraction of sp³-hybridized carbons (Fsp3) is 0.585. The van der Waals surface area contributed by atoms with Gasteiger partial charge in [0, 0.05) is 77.2 Å². The van der Waals surface area contributed by atoms with Crippen LogP contribution in [0.2, 0.25) is 0 Å². The fourth-order valence-corrected chi connectivity index (χ4v) is 7.63. The lowest BCUT2D eigenvalue weighted by molar-refractivity contribution is -0.139. The van der Waals surface area contributed by atoms with Gasteiger partial charge in [-0.15, -0.1) is 11.8 Å². The van der Waals surface area contributed by atoms with Gasteiger partial charge in [-0.2, -0.15) is 4.98 Å². The van der Waals surface area contributed by atoms with Gasteiger partial charge in [-0.25, -0.2) is 4.98 Å². The van der Waals surface area contributed by atoms with Crippen LogP contribution in [-0.2, 0) is 46.5 Å². The lowest BCUT2D eigenvalue weighted by atomic mass is 10.0. The van der Waals surface area contributed by atoms with Crippen LogP contribution in [0, 0.1) is 6.92 Å². The molecule has 19 heteroatoms. The summed E-state index contributed by atoms with van der Waals surface area (Å²) in [4.78, 5) is 72.5. The lowest BCUT2D eigenvalue weighted by Gasteiger charge is -2.35. The van der Waals surface area contributed by atoms with E-state index in [1.165, 1.54) is 16.7 Å². The van der Waals surface area contributed by atoms with Gasteiger partial charge in [-0.1, -0.05) is 38.0 Å². The van der Waals surface area contributed by atoms with Gasteiger partial charge >= 0.3 is 11.9 Å². The summed E-state index contributed by atoms with van der Waals surface area (Å²) < 4.78 is 13.3. The summed E-state index contributed by atoms with van der Waals surface area (Å²) in [6.45, 7) is 10.5. The van der Waals surface area contributed by atoms with E-state index in [1.807, 2.05) is 17.2 Å². The van der Waals surface area contributed by atoms with Crippen molar-refractivity contribution >= 4 is 64.1 Å². The van der Waals surface area contributed by atoms with Gasteiger partial charge in [-0.05, 0) is 42.5 Å². The van der Waals surface area contributed by atoms with E-state index in [-0.39, 0.29) is 49.4 Å². The summed E-state index contributed by atoms with van der Waals surface area (Å²) in [5.41, 5.74) is 16.8. The van der Waals surface area contributed by atoms with Crippen LogP contribution in [-0.4, -0.2) is 147 Å². The number of carbonyl (C=O) groups excluding carboxylic acids is 3. The van der Waals surface area contributed by atoms with Crippen LogP contribution in [0.5, 0.6) is 0 Å². The predicted octanol–water partition coefficient (Wildman–Crippen LogP) is 2.49. The molecule has 0 bridgehead atoms. The molecule has 0 aliphatic carbocycles. The molecule has 1 aliphatic heterocycles. The van der Waals surface area contributed by atoms with Gasteiger partial charge in [-0.3, -0.25) is 28.9 Å². The quantitative estimate of drug-likeness (QED) is 0.0574. The molecule has 1 aromatic carbocycles. The number of rotatable bonds is 28. The fourth-order valence-electron chi connectivity index (χ4n) is 6.64. The molecular weight excluding hydrogens is 795 g/mol. The number of piperazine rings is 1. The number of nitrogens with zero attached hydrogens (tertiary/aromatic N) is 5. The van der Waals surface area contributed by atoms with E-state index in [2.05, 4.69) is 62.1 Å². The number of thioether (sulfide) groups is 1. The third-order valence-corrected chi connectivity index (χ3v) is 11.4. The van der Waals surface area contributed by atoms with Crippen LogP contribution in [0.25, 0.3) is 11.0 Å². The van der Waals surface area contributed by atoms with Gasteiger partial charge < -0.3 is 51.3 Å². The molecule has 60 heavy (non-hydrogen) atoms. The van der Waals surface area contributed by atoms with Crippen molar-refractivity contribution in [1.82, 2.24) is 29.7 Å². The number of amides is 2. The number of aromatic nitrogens is 3. The molecule has 0 unspecified atom stereocenters. The predicted molar refractivity (Wildman–Crippen MR) is 230 cm³/mol. The number of carbonyl (C=O) groups is 5. The monoisotopic (exact) mass is 855 g/mol. The van der Waals surface area contributed by atoms with Crippen LogP contribution >= 0.6 is 11.8 Å². The zero-order valence-electron chi connectivity index (χ0n) is 34.7. The number of ether oxygens (including phenoxy) is 2. The first-order valence-corrected chi connectivity index (χ1v) is 21.6. The van der Waals surface area contributed by atoms with Crippen molar-refractivity contribution in [3.05, 3.63) is 47.2 Å². The minimum atomic E-state index is -1.27. The molecule has 1 saturated heterocycles. The van der Waals surface area contributed by atoms with Crippen molar-refractivity contribution in [3.63, 3.8) is 0 Å². The Balaban J connectivity index is 1.05. The highest BCUT2D eigenvalue weighted by Gasteiger charge is 2.25. The summed E-state index contributed by atoms with van der Waals surface area (Å²) >= 11 is 0.762. The summed E-state index contributed by atoms with van der Waals surface area (Å²) in [5, 5.41) is 22.8. The number of anilines is 2. The highest BCUT2D eigenvalue weighted by atomic mass is 32.2. The Morgan fingerprint density at radius 2 is 1.67 bits per heavy atom. The molecule has 1 aliphatic rings. The average Bonchev–Trinajstić information content (AvgIpc) is 3.62. The van der Waals surface area contributed by atoms with Crippen LogP contribution < -0.4 is 22.1 Å². The number of nitrogens with one attached hydrogen (secondary N) is 2. The van der Waals surface area contributed by atoms with Crippen LogP contribution in [0.4, 0.5) is 11.8 Å². The first-order chi connectivity index (χ1) is 28.8. The van der Waals surface area contributed by atoms with E-state index in [0.717, 1.165) is 74.1 Å². The second kappa shape index (κ2) is 25.1. The SMILES string of the molecule is CCCCCNc1nc(N)nc2ccn(Cc3ccc(CN4CCN(C(=O)CCOCCOCCCC(=O)CNC(=O)C[C@H](SC[C@H](N)C(=O)O)C(=O)O)CC4)cc3C)c12. The number of unbranched alkanes of at least 4 members (excludes halogenated alkanes) is 2. The smallest absolute Gasteiger partial charge is 0.321 e. The Bertz CT molecular complexity index is 1890. The zero-order valence-corrected chi connectivity index (χ0v) is 35.6. The largest absolute Gasteiger partial charge is 0.480 e. The number of nitrogens with two attached hydrogens (primary N) is 2. The molecule has 0 spiro atoms. The van der Waals surface area contributed by atoms with Crippen LogP contribution in [0.1, 0.15) is 68.6 Å². The molecule has 1 fully saturated rings. The van der Waals surface area contributed by atoms with E-state index >= 15 is 0 Å². The Hall–Kier alpha value is -4.82. The molecule has 18 nitrogen and oxygen atoms in total. The summed E-state index contributed by atoms with van der Waals surface area (Å²) in [6.07, 6.45) is 5.87. The Morgan fingerprint density at radius 1 is 0.917 bits per heavy atom. The number of aryl methyl sites for hydroxylation is 1. The number of ketones is 1. The van der Waals surface area contributed by atoms with Gasteiger partial charge in [0.15, 0.2) is 11.6 Å². The molecule has 4 rings (SSSR count). The molecule has 0 radical (unpaired) electrons. The van der Waals surface area contributed by atoms with Gasteiger partial charge in [0.25, 0.3) is 0 Å². The Labute approximate surface area is 355 Å². The first kappa shape index (κ1) is 47.9. The van der Waals surface area contributed by atoms with Crippen molar-refractivity contribution in [1.29, 1.82) is 0 Å². The van der Waals surface area contributed by atoms with E-state index in [4.69, 9.17) is 26.0 Å². The number of benzene rings is 1. The number of fused-ring (bicyclic) bond motifs is 1. The molecule has 2 amide bonds. The topological polar surface area (TPSA) is 258 Å². The molecule has 330 valence electrons. The molecule has 8 N–H and O–H groups in total. The van der Waals surface area contributed by atoms with E-state index in [1.54, 1.807) is 0 Å². The lowest BCUT2D eigenvalue weighted by Crippen LogP contribution is -2.48. The number of nitrogen functional groups attached to an aromatic ring is 1. The van der Waals surface area contributed by atoms with E-state index in [0.29, 0.717) is 45.9 Å². The van der Waals surface area contributed by atoms with Gasteiger partial charge in [0.2, 0.25) is 17.8 Å². The molecule has 3 aromatic rings. The molecule has 2 atom stereocenters. The highest BCUT2D eigenvalue weighted by molar-refractivity contribution is 8.00. The normalized spacial score (nSPS) is 14.2. The number of Topliss-reactive ketones (excluding diaryl/α,β-unsaturated/α-hetero) is 1. The Kier molecular flexibility index (Phi) is 20.0. The molecule has 3 heterocycles. The highest BCUT2D eigenvalue weighted by Crippen LogP contribution is 2.25. The van der Waals surface area contributed by atoms with Crippen molar-refractivity contribution < 1.29 is 43.7 Å². The van der Waals surface area contributed by atoms with Gasteiger partial charge in [0.1, 0.15) is 16.8 Å². The van der Waals surface area contributed by atoms with Crippen molar-refractivity contribution in [3.8, 4) is 0 Å². The third-order valence-electron chi connectivity index (χ3n) is 10.1. The number of aliphatic carboxylic acids is 2. The maximum atomic E-state index is 12.8. The zero-order chi connectivity index (χ0) is 43.4. The second-order valence-corrected chi connectivity index (χ2v) is 16.1. The van der Waals surface area contributed by atoms with Crippen molar-refractivity contribution in [2.45, 2.75) is 83.2 Å². The summed E-state index contributed by atoms with van der Waals surface area (Å²) in [7, 11) is 0. The van der Waals surface area contributed by atoms with Crippen molar-refractivity contribution in [2.24, 2.45) is 5.73 Å². The molecule has 0 saturated carbocycles. The first-order valence-electron chi connectivity index (χ1n) is 20.6. The maximum Gasteiger partial charge on any atom is 0.321 e. The summed E-state index contributed by atoms with van der Waals surface area (Å²) in [6, 6.07) is 7.36. The Morgan fingerprint density at radius 3 is 2.37 bits per heavy atom. The second-order valence-electron chi connectivity index (χ2n) is 14.9. The van der Waals surface area contributed by atoms with E-state index < -0.39 is 35.6 Å². The van der Waals surface area contributed by atoms with Gasteiger partial charge in [0.05, 0.1) is 38.3 Å². The number of hydrogen-bond acceptors (Lipinski definition) is 14. The van der Waals surface area contributed by atoms with Crippen LogP contribution in [0.3, 0.4) is 0 Å². The third kappa shape index (κ3) is 16.0. The summed E-state index contributed by atoms with van der Waals surface area (Å²) in [5.74, 6) is -2.47. The average molecular weight is 856 g/mol. The number of carboxylic acid groups (broad SMARTS) is 2. The number of carboxylic acids is 2. The standard InChI is InChI=1S/C41H61N9O9S/c1-3-4-5-12-44-38-37-33(46-41(43)47-38)10-13-50(37)26-30-9-8-29(22-28(30)2)25-48-14-16-49(17-15-48)36(53)11-19-59-21-20-58-18-6-7-31(51)24-45-35(52)23-34(40(56)57)60-27-32(42)39(54)55/h8-10,13,22,32,34H,3-7,11-12,14-21,23-27,42H2,1-2H3,(H,45,52)(H,54,55)(H,56,57)(H3,43,44,46,47)/t32-,34-/m0/s1. The number of hydrogen-bond donors (Lipinski definition) is 6. The minimum Gasteiger partial charge on any atom is -0.480 e. The van der Waals surface area contributed by atoms with E-state index in [9.17, 15) is 29.1 Å². The van der Waals surface area contributed by atoms with Crippen molar-refractivity contribution in [2.75, 3.05) is 82.5 Å². The molecular formula is C41H61N9O9S.